The number of aromatic amines is 1. The van der Waals surface area contributed by atoms with Crippen LogP contribution < -0.4 is 10.6 Å². The normalized spacial score (nSPS) is 12.1. The molecule has 0 saturated heterocycles. The van der Waals surface area contributed by atoms with Crippen molar-refractivity contribution < 1.29 is 9.53 Å². The maximum atomic E-state index is 12.4. The number of thioether (sulfide) groups is 1. The summed E-state index contributed by atoms with van der Waals surface area (Å²) in [6.45, 7) is 0.993. The molecule has 3 aromatic rings. The number of methoxy groups -OCH3 is 1. The van der Waals surface area contributed by atoms with E-state index in [4.69, 9.17) is 4.74 Å². The van der Waals surface area contributed by atoms with Crippen LogP contribution in [0.25, 0.3) is 11.0 Å². The zero-order valence-corrected chi connectivity index (χ0v) is 16.3. The Labute approximate surface area is 163 Å². The number of carbonyl (C=O) groups excluding carboxylic acids is 1. The van der Waals surface area contributed by atoms with Crippen molar-refractivity contribution in [1.82, 2.24) is 15.3 Å². The Bertz CT molecular complexity index is 863. The standard InChI is InChI=1S/C20H24N4O2S/c1-26-11-10-21-19(25)13-18(14-6-5-7-15(12-14)27-2)24-20-22-16-8-3-4-9-17(16)23-20/h3-9,12,18H,10-11,13H2,1-2H3,(H,21,25)(H2,22,23,24). The molecule has 0 aliphatic heterocycles. The van der Waals surface area contributed by atoms with E-state index in [0.717, 1.165) is 21.5 Å². The van der Waals surface area contributed by atoms with Crippen LogP contribution in [0, 0.1) is 0 Å². The number of hydrogen-bond acceptors (Lipinski definition) is 5. The van der Waals surface area contributed by atoms with E-state index < -0.39 is 0 Å². The molecule has 0 spiro atoms. The Morgan fingerprint density at radius 2 is 2.11 bits per heavy atom. The van der Waals surface area contributed by atoms with Crippen molar-refractivity contribution in [1.29, 1.82) is 0 Å². The van der Waals surface area contributed by atoms with Crippen LogP contribution in [0.15, 0.2) is 53.4 Å². The van der Waals surface area contributed by atoms with Crippen LogP contribution >= 0.6 is 11.8 Å². The van der Waals surface area contributed by atoms with Gasteiger partial charge >= 0.3 is 0 Å². The molecule has 1 heterocycles. The largest absolute Gasteiger partial charge is 0.383 e. The Morgan fingerprint density at radius 1 is 1.26 bits per heavy atom. The molecule has 1 unspecified atom stereocenters. The maximum Gasteiger partial charge on any atom is 0.222 e. The summed E-state index contributed by atoms with van der Waals surface area (Å²) in [5.74, 6) is 0.621. The number of hydrogen-bond donors (Lipinski definition) is 3. The van der Waals surface area contributed by atoms with Gasteiger partial charge in [0.25, 0.3) is 0 Å². The van der Waals surface area contributed by atoms with E-state index >= 15 is 0 Å². The van der Waals surface area contributed by atoms with Crippen molar-refractivity contribution in [3.8, 4) is 0 Å². The van der Waals surface area contributed by atoms with Crippen molar-refractivity contribution in [2.45, 2.75) is 17.4 Å². The number of benzene rings is 2. The van der Waals surface area contributed by atoms with Crippen LogP contribution in [0.3, 0.4) is 0 Å². The second-order valence-electron chi connectivity index (χ2n) is 6.12. The summed E-state index contributed by atoms with van der Waals surface area (Å²) in [7, 11) is 1.62. The van der Waals surface area contributed by atoms with Crippen molar-refractivity contribution in [3.05, 3.63) is 54.1 Å². The number of imidazole rings is 1. The van der Waals surface area contributed by atoms with E-state index in [2.05, 4.69) is 32.7 Å². The lowest BCUT2D eigenvalue weighted by atomic mass is 10.0. The molecular weight excluding hydrogens is 360 g/mol. The Balaban J connectivity index is 1.80. The van der Waals surface area contributed by atoms with Crippen LogP contribution in [-0.2, 0) is 9.53 Å². The van der Waals surface area contributed by atoms with E-state index in [1.165, 1.54) is 0 Å². The molecule has 0 bridgehead atoms. The predicted molar refractivity (Wildman–Crippen MR) is 110 cm³/mol. The highest BCUT2D eigenvalue weighted by atomic mass is 32.2. The SMILES string of the molecule is COCCNC(=O)CC(Nc1nc2ccccc2[nH]1)c1cccc(SC)c1. The third-order valence-electron chi connectivity index (χ3n) is 4.21. The van der Waals surface area contributed by atoms with Gasteiger partial charge in [-0.15, -0.1) is 11.8 Å². The van der Waals surface area contributed by atoms with Crippen LogP contribution in [0.5, 0.6) is 0 Å². The van der Waals surface area contributed by atoms with Gasteiger partial charge in [-0.2, -0.15) is 0 Å². The van der Waals surface area contributed by atoms with Crippen LogP contribution in [0.1, 0.15) is 18.0 Å². The summed E-state index contributed by atoms with van der Waals surface area (Å²) in [6.07, 6.45) is 2.34. The number of H-pyrrole nitrogens is 1. The second kappa shape index (κ2) is 9.43. The summed E-state index contributed by atoms with van der Waals surface area (Å²) in [5, 5.41) is 6.27. The fourth-order valence-electron chi connectivity index (χ4n) is 2.85. The Kier molecular flexibility index (Phi) is 6.73. The quantitative estimate of drug-likeness (QED) is 0.388. The van der Waals surface area contributed by atoms with Crippen LogP contribution in [0.4, 0.5) is 5.95 Å². The number of amides is 1. The third-order valence-corrected chi connectivity index (χ3v) is 4.94. The zero-order chi connectivity index (χ0) is 19.1. The molecule has 3 rings (SSSR count). The van der Waals surface area contributed by atoms with E-state index in [-0.39, 0.29) is 11.9 Å². The molecule has 0 aliphatic carbocycles. The molecule has 7 heteroatoms. The van der Waals surface area contributed by atoms with Gasteiger partial charge < -0.3 is 20.4 Å². The summed E-state index contributed by atoms with van der Waals surface area (Å²) in [5.41, 5.74) is 2.89. The van der Waals surface area contributed by atoms with Gasteiger partial charge in [0.1, 0.15) is 0 Å². The van der Waals surface area contributed by atoms with Gasteiger partial charge in [0.2, 0.25) is 11.9 Å². The molecule has 0 aliphatic rings. The second-order valence-corrected chi connectivity index (χ2v) is 7.00. The highest BCUT2D eigenvalue weighted by molar-refractivity contribution is 7.98. The minimum absolute atomic E-state index is 0.0322. The van der Waals surface area contributed by atoms with Gasteiger partial charge in [-0.05, 0) is 36.1 Å². The Morgan fingerprint density at radius 3 is 2.89 bits per heavy atom. The molecule has 0 fully saturated rings. The lowest BCUT2D eigenvalue weighted by Crippen LogP contribution is -2.30. The van der Waals surface area contributed by atoms with Gasteiger partial charge in [0, 0.05) is 18.6 Å². The number of ether oxygens (including phenoxy) is 1. The van der Waals surface area contributed by atoms with Crippen molar-refractivity contribution >= 4 is 34.7 Å². The molecular formula is C20H24N4O2S. The summed E-state index contributed by atoms with van der Waals surface area (Å²) in [6, 6.07) is 15.9. The summed E-state index contributed by atoms with van der Waals surface area (Å²) < 4.78 is 4.99. The first kappa shape index (κ1) is 19.3. The topological polar surface area (TPSA) is 79.0 Å². The number of fused-ring (bicyclic) bond motifs is 1. The number of nitrogens with one attached hydrogen (secondary N) is 3. The monoisotopic (exact) mass is 384 g/mol. The first-order valence-corrected chi connectivity index (χ1v) is 10.0. The minimum atomic E-state index is -0.194. The van der Waals surface area contributed by atoms with E-state index in [1.807, 2.05) is 42.7 Å². The zero-order valence-electron chi connectivity index (χ0n) is 15.5. The molecule has 0 radical (unpaired) electrons. The van der Waals surface area contributed by atoms with Crippen LogP contribution in [0.2, 0.25) is 0 Å². The molecule has 6 nitrogen and oxygen atoms in total. The molecule has 2 aromatic carbocycles. The lowest BCUT2D eigenvalue weighted by molar-refractivity contribution is -0.121. The molecule has 0 saturated carbocycles. The first-order chi connectivity index (χ1) is 13.2. The molecule has 142 valence electrons. The number of nitrogens with zero attached hydrogens (tertiary/aromatic N) is 1. The van der Waals surface area contributed by atoms with Crippen molar-refractivity contribution in [2.75, 3.05) is 31.8 Å². The van der Waals surface area contributed by atoms with E-state index in [1.54, 1.807) is 18.9 Å². The van der Waals surface area contributed by atoms with Crippen molar-refractivity contribution in [2.24, 2.45) is 0 Å². The van der Waals surface area contributed by atoms with Gasteiger partial charge in [-0.25, -0.2) is 4.98 Å². The Hall–Kier alpha value is -2.51. The molecule has 3 N–H and O–H groups in total. The smallest absolute Gasteiger partial charge is 0.222 e. The summed E-state index contributed by atoms with van der Waals surface area (Å²) in [4.78, 5) is 21.4. The van der Waals surface area contributed by atoms with E-state index in [9.17, 15) is 4.79 Å². The number of para-hydroxylation sites is 2. The number of aromatic nitrogens is 2. The lowest BCUT2D eigenvalue weighted by Gasteiger charge is -2.19. The fourth-order valence-corrected chi connectivity index (χ4v) is 3.32. The van der Waals surface area contributed by atoms with E-state index in [0.29, 0.717) is 25.5 Å². The summed E-state index contributed by atoms with van der Waals surface area (Å²) >= 11 is 1.68. The van der Waals surface area contributed by atoms with Gasteiger partial charge in [-0.3, -0.25) is 4.79 Å². The van der Waals surface area contributed by atoms with Gasteiger partial charge in [0.15, 0.2) is 0 Å². The third kappa shape index (κ3) is 5.24. The molecule has 1 atom stereocenters. The number of anilines is 1. The average Bonchev–Trinajstić information content (AvgIpc) is 3.10. The number of carbonyl (C=O) groups is 1. The van der Waals surface area contributed by atoms with Gasteiger partial charge in [-0.1, -0.05) is 24.3 Å². The highest BCUT2D eigenvalue weighted by Gasteiger charge is 2.18. The van der Waals surface area contributed by atoms with Gasteiger partial charge in [0.05, 0.1) is 30.1 Å². The fraction of sp³-hybridized carbons (Fsp3) is 0.300. The molecule has 1 amide bonds. The predicted octanol–water partition coefficient (Wildman–Crippen LogP) is 3.59. The number of rotatable bonds is 9. The first-order valence-electron chi connectivity index (χ1n) is 8.80. The molecule has 27 heavy (non-hydrogen) atoms. The highest BCUT2D eigenvalue weighted by Crippen LogP contribution is 2.26. The molecule has 1 aromatic heterocycles. The van der Waals surface area contributed by atoms with Crippen molar-refractivity contribution in [3.63, 3.8) is 0 Å². The minimum Gasteiger partial charge on any atom is -0.383 e. The maximum absolute atomic E-state index is 12.4. The van der Waals surface area contributed by atoms with Crippen LogP contribution in [-0.4, -0.2) is 42.4 Å². The average molecular weight is 385 g/mol.